The van der Waals surface area contributed by atoms with Crippen LogP contribution in [0.3, 0.4) is 0 Å². The molecule has 31 heavy (non-hydrogen) atoms. The van der Waals surface area contributed by atoms with Crippen LogP contribution in [0, 0.1) is 17.8 Å². The fourth-order valence-corrected chi connectivity index (χ4v) is 4.98. The predicted molar refractivity (Wildman–Crippen MR) is 124 cm³/mol. The maximum atomic E-state index is 11.2. The van der Waals surface area contributed by atoms with E-state index in [2.05, 4.69) is 17.9 Å². The molecule has 0 aromatic carbocycles. The summed E-state index contributed by atoms with van der Waals surface area (Å²) in [5.41, 5.74) is 0.274. The van der Waals surface area contributed by atoms with E-state index in [-0.39, 0.29) is 17.5 Å². The molecule has 0 spiro atoms. The van der Waals surface area contributed by atoms with Crippen molar-refractivity contribution < 1.29 is 24.2 Å². The van der Waals surface area contributed by atoms with Crippen LogP contribution < -0.4 is 0 Å². The molecule has 3 saturated carbocycles. The molecule has 3 fully saturated rings. The van der Waals surface area contributed by atoms with Gasteiger partial charge in [0.1, 0.15) is 5.60 Å². The first-order valence-electron chi connectivity index (χ1n) is 11.6. The van der Waals surface area contributed by atoms with Gasteiger partial charge < -0.3 is 14.6 Å². The van der Waals surface area contributed by atoms with Crippen LogP contribution in [0.5, 0.6) is 0 Å². The number of hydrogen-bond acceptors (Lipinski definition) is 5. The SMILES string of the molecule is C=C(C)C(=O)OC.C=C(C)C(=O)OC1(C)CCCC1.CC(C)(O)CC1CC2CCC1C2. The second-order valence-electron chi connectivity index (χ2n) is 10.6. The molecule has 3 aliphatic carbocycles. The average molecular weight is 437 g/mol. The van der Waals surface area contributed by atoms with E-state index in [1.165, 1.54) is 45.6 Å². The van der Waals surface area contributed by atoms with E-state index in [4.69, 9.17) is 4.74 Å². The fraction of sp³-hybridized carbons (Fsp3) is 0.769. The zero-order chi connectivity index (χ0) is 23.8. The molecule has 3 aliphatic rings. The van der Waals surface area contributed by atoms with Crippen LogP contribution >= 0.6 is 0 Å². The Morgan fingerprint density at radius 3 is 1.90 bits per heavy atom. The summed E-state index contributed by atoms with van der Waals surface area (Å²) in [7, 11) is 1.33. The van der Waals surface area contributed by atoms with Crippen LogP contribution in [0.4, 0.5) is 0 Å². The lowest BCUT2D eigenvalue weighted by Gasteiger charge is -2.27. The van der Waals surface area contributed by atoms with Crippen molar-refractivity contribution >= 4 is 11.9 Å². The molecular weight excluding hydrogens is 392 g/mol. The van der Waals surface area contributed by atoms with E-state index in [0.717, 1.165) is 37.0 Å². The summed E-state index contributed by atoms with van der Waals surface area (Å²) in [6.07, 6.45) is 11.1. The summed E-state index contributed by atoms with van der Waals surface area (Å²) in [6, 6.07) is 0. The summed E-state index contributed by atoms with van der Waals surface area (Å²) >= 11 is 0. The van der Waals surface area contributed by atoms with Gasteiger partial charge >= 0.3 is 11.9 Å². The van der Waals surface area contributed by atoms with Crippen molar-refractivity contribution in [2.24, 2.45) is 17.8 Å². The largest absolute Gasteiger partial charge is 0.466 e. The maximum Gasteiger partial charge on any atom is 0.333 e. The van der Waals surface area contributed by atoms with Gasteiger partial charge in [-0.05, 0) is 104 Å². The number of carbonyl (C=O) groups is 2. The Kier molecular flexibility index (Phi) is 10.5. The number of methoxy groups -OCH3 is 1. The minimum Gasteiger partial charge on any atom is -0.466 e. The van der Waals surface area contributed by atoms with Crippen LogP contribution in [0.25, 0.3) is 0 Å². The number of hydrogen-bond donors (Lipinski definition) is 1. The Labute approximate surface area is 189 Å². The second-order valence-corrected chi connectivity index (χ2v) is 10.6. The van der Waals surface area contributed by atoms with Crippen LogP contribution in [-0.2, 0) is 19.1 Å². The van der Waals surface area contributed by atoms with Gasteiger partial charge in [0.25, 0.3) is 0 Å². The molecule has 0 radical (unpaired) electrons. The molecular formula is C26H44O5. The van der Waals surface area contributed by atoms with E-state index in [0.29, 0.717) is 11.1 Å². The lowest BCUT2D eigenvalue weighted by Crippen LogP contribution is -2.28. The Morgan fingerprint density at radius 1 is 1.03 bits per heavy atom. The molecule has 3 atom stereocenters. The standard InChI is InChI=1S/C11H20O.C10H16O2.C5H8O2/c1-11(2,12)7-10-6-8-3-4-9(10)5-8;1-8(2)9(11)12-10(3)6-4-5-7-10;1-4(2)5(6)7-3/h8-10,12H,3-7H2,1-2H3;1,4-7H2,2-3H3;1H2,2-3H3. The summed E-state index contributed by atoms with van der Waals surface area (Å²) in [5.74, 6) is 2.21. The summed E-state index contributed by atoms with van der Waals surface area (Å²) in [5, 5.41) is 9.71. The third-order valence-corrected chi connectivity index (χ3v) is 6.53. The van der Waals surface area contributed by atoms with Crippen molar-refractivity contribution in [3.63, 3.8) is 0 Å². The van der Waals surface area contributed by atoms with E-state index < -0.39 is 5.60 Å². The van der Waals surface area contributed by atoms with Gasteiger partial charge in [-0.15, -0.1) is 0 Å². The highest BCUT2D eigenvalue weighted by Gasteiger charge is 2.41. The third kappa shape index (κ3) is 10.0. The number of fused-ring (bicyclic) bond motifs is 2. The summed E-state index contributed by atoms with van der Waals surface area (Å²) in [4.78, 5) is 21.4. The van der Waals surface area contributed by atoms with E-state index in [1.54, 1.807) is 13.8 Å². The number of esters is 2. The highest BCUT2D eigenvalue weighted by Crippen LogP contribution is 2.50. The average Bonchev–Trinajstić information content (AvgIpc) is 3.38. The Bertz CT molecular complexity index is 637. The molecule has 178 valence electrons. The Hall–Kier alpha value is -1.62. The first-order chi connectivity index (χ1) is 14.3. The van der Waals surface area contributed by atoms with Crippen LogP contribution in [0.2, 0.25) is 0 Å². The molecule has 5 nitrogen and oxygen atoms in total. The van der Waals surface area contributed by atoms with Crippen molar-refractivity contribution in [1.29, 1.82) is 0 Å². The van der Waals surface area contributed by atoms with E-state index >= 15 is 0 Å². The lowest BCUT2D eigenvalue weighted by molar-refractivity contribution is -0.152. The molecule has 3 rings (SSSR count). The molecule has 0 aromatic heterocycles. The van der Waals surface area contributed by atoms with Crippen molar-refractivity contribution in [2.45, 2.75) is 104 Å². The molecule has 0 aromatic rings. The monoisotopic (exact) mass is 436 g/mol. The number of aliphatic hydroxyl groups is 1. The van der Waals surface area contributed by atoms with Gasteiger partial charge in [-0.25, -0.2) is 9.59 Å². The normalized spacial score (nSPS) is 25.5. The molecule has 2 bridgehead atoms. The van der Waals surface area contributed by atoms with Gasteiger partial charge in [0.05, 0.1) is 12.7 Å². The van der Waals surface area contributed by atoms with E-state index in [9.17, 15) is 14.7 Å². The quantitative estimate of drug-likeness (QED) is 0.438. The molecule has 0 amide bonds. The lowest BCUT2D eigenvalue weighted by atomic mass is 9.81. The molecule has 5 heteroatoms. The number of carbonyl (C=O) groups excluding carboxylic acids is 2. The van der Waals surface area contributed by atoms with Crippen molar-refractivity contribution in [1.82, 2.24) is 0 Å². The predicted octanol–water partition coefficient (Wildman–Crippen LogP) is 5.76. The second kappa shape index (κ2) is 11.8. The molecule has 0 saturated heterocycles. The van der Waals surface area contributed by atoms with Crippen molar-refractivity contribution in [2.75, 3.05) is 7.11 Å². The van der Waals surface area contributed by atoms with Crippen LogP contribution in [0.15, 0.2) is 24.3 Å². The minimum absolute atomic E-state index is 0.212. The Balaban J connectivity index is 0.000000243. The molecule has 1 N–H and O–H groups in total. The highest BCUT2D eigenvalue weighted by atomic mass is 16.6. The maximum absolute atomic E-state index is 11.2. The van der Waals surface area contributed by atoms with Crippen LogP contribution in [0.1, 0.15) is 92.4 Å². The molecule has 0 heterocycles. The zero-order valence-corrected chi connectivity index (χ0v) is 20.6. The van der Waals surface area contributed by atoms with Gasteiger partial charge in [-0.1, -0.05) is 19.6 Å². The van der Waals surface area contributed by atoms with Gasteiger partial charge in [-0.3, -0.25) is 0 Å². The fourth-order valence-electron chi connectivity index (χ4n) is 4.98. The highest BCUT2D eigenvalue weighted by molar-refractivity contribution is 5.87. The molecule has 0 aliphatic heterocycles. The third-order valence-electron chi connectivity index (χ3n) is 6.53. The first kappa shape index (κ1) is 27.4. The molecule has 3 unspecified atom stereocenters. The van der Waals surface area contributed by atoms with Gasteiger partial charge in [0.15, 0.2) is 0 Å². The van der Waals surface area contributed by atoms with Gasteiger partial charge in [0.2, 0.25) is 0 Å². The van der Waals surface area contributed by atoms with Crippen molar-refractivity contribution in [3.05, 3.63) is 24.3 Å². The summed E-state index contributed by atoms with van der Waals surface area (Å²) < 4.78 is 9.59. The van der Waals surface area contributed by atoms with Gasteiger partial charge in [0, 0.05) is 11.1 Å². The van der Waals surface area contributed by atoms with Crippen LogP contribution in [-0.4, -0.2) is 35.4 Å². The van der Waals surface area contributed by atoms with Crippen molar-refractivity contribution in [3.8, 4) is 0 Å². The van der Waals surface area contributed by atoms with Gasteiger partial charge in [-0.2, -0.15) is 0 Å². The smallest absolute Gasteiger partial charge is 0.333 e. The summed E-state index contributed by atoms with van der Waals surface area (Å²) in [6.45, 7) is 16.1. The topological polar surface area (TPSA) is 72.8 Å². The minimum atomic E-state index is -0.435. The number of rotatable bonds is 5. The zero-order valence-electron chi connectivity index (χ0n) is 20.6. The Morgan fingerprint density at radius 2 is 1.58 bits per heavy atom. The number of ether oxygens (including phenoxy) is 2. The van der Waals surface area contributed by atoms with E-state index in [1.807, 2.05) is 20.8 Å². The first-order valence-corrected chi connectivity index (χ1v) is 11.6.